The maximum absolute atomic E-state index is 11.5. The van der Waals surface area contributed by atoms with Crippen molar-refractivity contribution >= 4 is 40.8 Å². The van der Waals surface area contributed by atoms with Gasteiger partial charge < -0.3 is 9.47 Å². The molecular weight excluding hydrogens is 335 g/mol. The lowest BCUT2D eigenvalue weighted by Gasteiger charge is -2.10. The molecule has 0 amide bonds. The summed E-state index contributed by atoms with van der Waals surface area (Å²) in [6, 6.07) is 9.85. The van der Waals surface area contributed by atoms with E-state index < -0.39 is 5.97 Å². The predicted octanol–water partition coefficient (Wildman–Crippen LogP) is 5.01. The lowest BCUT2D eigenvalue weighted by Crippen LogP contribution is -2.03. The highest BCUT2D eigenvalue weighted by Crippen LogP contribution is 2.28. The number of benzene rings is 2. The molecule has 0 unspecified atom stereocenters. The van der Waals surface area contributed by atoms with Gasteiger partial charge in [0.15, 0.2) is 0 Å². The van der Waals surface area contributed by atoms with Crippen LogP contribution in [-0.2, 0) is 11.3 Å². The monoisotopic (exact) mass is 344 g/mol. The second kappa shape index (κ2) is 7.03. The predicted molar refractivity (Wildman–Crippen MR) is 83.6 cm³/mol. The van der Waals surface area contributed by atoms with Gasteiger partial charge in [0.2, 0.25) is 0 Å². The Hall–Kier alpha value is -1.42. The van der Waals surface area contributed by atoms with Crippen LogP contribution in [0.5, 0.6) is 5.75 Å². The molecule has 0 aliphatic carbocycles. The Labute approximate surface area is 137 Å². The summed E-state index contributed by atoms with van der Waals surface area (Å²) >= 11 is 17.8. The molecule has 2 aromatic carbocycles. The fraction of sp³-hybridized carbons (Fsp3) is 0.133. The number of esters is 1. The van der Waals surface area contributed by atoms with Gasteiger partial charge in [0.25, 0.3) is 0 Å². The summed E-state index contributed by atoms with van der Waals surface area (Å²) in [4.78, 5) is 11.5. The van der Waals surface area contributed by atoms with Gasteiger partial charge in [0.05, 0.1) is 17.7 Å². The number of ether oxygens (including phenoxy) is 2. The minimum Gasteiger partial charge on any atom is -0.487 e. The minimum atomic E-state index is -0.455. The highest BCUT2D eigenvalue weighted by atomic mass is 35.5. The van der Waals surface area contributed by atoms with E-state index in [4.69, 9.17) is 39.5 Å². The van der Waals surface area contributed by atoms with Gasteiger partial charge in [0, 0.05) is 10.0 Å². The molecule has 0 saturated carbocycles. The van der Waals surface area contributed by atoms with Gasteiger partial charge >= 0.3 is 5.97 Å². The van der Waals surface area contributed by atoms with E-state index in [1.54, 1.807) is 30.3 Å². The van der Waals surface area contributed by atoms with Crippen LogP contribution in [0.15, 0.2) is 36.4 Å². The van der Waals surface area contributed by atoms with Crippen LogP contribution < -0.4 is 4.74 Å². The largest absolute Gasteiger partial charge is 0.487 e. The molecule has 2 aromatic rings. The van der Waals surface area contributed by atoms with Crippen LogP contribution in [0.4, 0.5) is 0 Å². The first-order valence-electron chi connectivity index (χ1n) is 5.95. The first-order valence-corrected chi connectivity index (χ1v) is 7.08. The summed E-state index contributed by atoms with van der Waals surface area (Å²) in [7, 11) is 1.31. The van der Waals surface area contributed by atoms with E-state index in [-0.39, 0.29) is 6.61 Å². The number of hydrogen-bond donors (Lipinski definition) is 0. The third-order valence-corrected chi connectivity index (χ3v) is 3.42. The summed E-state index contributed by atoms with van der Waals surface area (Å²) in [5, 5.41) is 1.37. The summed E-state index contributed by atoms with van der Waals surface area (Å²) in [6.07, 6.45) is 0. The van der Waals surface area contributed by atoms with E-state index in [0.29, 0.717) is 26.4 Å². The van der Waals surface area contributed by atoms with E-state index in [2.05, 4.69) is 4.74 Å². The Kier molecular flexibility index (Phi) is 5.34. The Morgan fingerprint density at radius 1 is 1.05 bits per heavy atom. The van der Waals surface area contributed by atoms with Crippen LogP contribution >= 0.6 is 34.8 Å². The average Bonchev–Trinajstić information content (AvgIpc) is 2.45. The molecule has 0 aromatic heterocycles. The van der Waals surface area contributed by atoms with Crippen LogP contribution in [0.3, 0.4) is 0 Å². The summed E-state index contributed by atoms with van der Waals surface area (Å²) in [5.41, 5.74) is 1.10. The number of carbonyl (C=O) groups excluding carboxylic acids is 1. The molecule has 0 saturated heterocycles. The molecule has 0 aliphatic heterocycles. The summed E-state index contributed by atoms with van der Waals surface area (Å²) < 4.78 is 10.3. The van der Waals surface area contributed by atoms with Gasteiger partial charge in [-0.2, -0.15) is 0 Å². The molecule has 6 heteroatoms. The van der Waals surface area contributed by atoms with Gasteiger partial charge in [-0.15, -0.1) is 0 Å². The van der Waals surface area contributed by atoms with E-state index >= 15 is 0 Å². The molecule has 0 N–H and O–H groups in total. The molecule has 0 bridgehead atoms. The first kappa shape index (κ1) is 16.0. The Balaban J connectivity index is 2.16. The summed E-state index contributed by atoms with van der Waals surface area (Å²) in [6.45, 7) is 0.214. The lowest BCUT2D eigenvalue weighted by molar-refractivity contribution is 0.0600. The van der Waals surface area contributed by atoms with Gasteiger partial charge in [-0.25, -0.2) is 4.79 Å². The van der Waals surface area contributed by atoms with Crippen molar-refractivity contribution in [1.82, 2.24) is 0 Å². The fourth-order valence-corrected chi connectivity index (χ4v) is 2.44. The molecule has 21 heavy (non-hydrogen) atoms. The van der Waals surface area contributed by atoms with E-state index in [9.17, 15) is 4.79 Å². The van der Waals surface area contributed by atoms with Gasteiger partial charge in [-0.05, 0) is 42.0 Å². The van der Waals surface area contributed by atoms with Gasteiger partial charge in [-0.3, -0.25) is 0 Å². The maximum Gasteiger partial charge on any atom is 0.337 e. The van der Waals surface area contributed by atoms with Crippen molar-refractivity contribution in [3.05, 3.63) is 62.6 Å². The zero-order valence-electron chi connectivity index (χ0n) is 11.0. The Morgan fingerprint density at radius 3 is 2.48 bits per heavy atom. The van der Waals surface area contributed by atoms with Gasteiger partial charge in [-0.1, -0.05) is 34.8 Å². The molecular formula is C15H11Cl3O3. The summed E-state index contributed by atoms with van der Waals surface area (Å²) in [5.74, 6) is 0.0453. The van der Waals surface area contributed by atoms with Crippen molar-refractivity contribution in [3.63, 3.8) is 0 Å². The van der Waals surface area contributed by atoms with E-state index in [0.717, 1.165) is 5.56 Å². The van der Waals surface area contributed by atoms with Crippen LogP contribution in [0.2, 0.25) is 15.1 Å². The number of hydrogen-bond acceptors (Lipinski definition) is 3. The van der Waals surface area contributed by atoms with Crippen molar-refractivity contribution in [1.29, 1.82) is 0 Å². The van der Waals surface area contributed by atoms with Crippen molar-refractivity contribution in [3.8, 4) is 5.75 Å². The SMILES string of the molecule is COC(=O)c1cc(Cl)cc(COc2ccc(Cl)cc2Cl)c1. The third kappa shape index (κ3) is 4.27. The van der Waals surface area contributed by atoms with Crippen LogP contribution in [-0.4, -0.2) is 13.1 Å². The topological polar surface area (TPSA) is 35.5 Å². The molecule has 0 spiro atoms. The zero-order valence-corrected chi connectivity index (χ0v) is 13.3. The lowest BCUT2D eigenvalue weighted by atomic mass is 10.1. The van der Waals surface area contributed by atoms with Crippen molar-refractivity contribution in [2.45, 2.75) is 6.61 Å². The molecule has 0 radical (unpaired) electrons. The highest BCUT2D eigenvalue weighted by molar-refractivity contribution is 6.35. The molecule has 0 heterocycles. The molecule has 2 rings (SSSR count). The second-order valence-electron chi connectivity index (χ2n) is 4.20. The number of halogens is 3. The molecule has 0 atom stereocenters. The second-order valence-corrected chi connectivity index (χ2v) is 5.48. The van der Waals surface area contributed by atoms with E-state index in [1.807, 2.05) is 0 Å². The Morgan fingerprint density at radius 2 is 1.81 bits per heavy atom. The van der Waals surface area contributed by atoms with Crippen LogP contribution in [0, 0.1) is 0 Å². The van der Waals surface area contributed by atoms with Gasteiger partial charge in [0.1, 0.15) is 12.4 Å². The third-order valence-electron chi connectivity index (χ3n) is 2.67. The van der Waals surface area contributed by atoms with Crippen molar-refractivity contribution < 1.29 is 14.3 Å². The maximum atomic E-state index is 11.5. The standard InChI is InChI=1S/C15H11Cl3O3/c1-20-15(19)10-4-9(5-12(17)6-10)8-21-14-3-2-11(16)7-13(14)18/h2-7H,8H2,1H3. The molecule has 3 nitrogen and oxygen atoms in total. The normalized spacial score (nSPS) is 10.3. The zero-order chi connectivity index (χ0) is 15.4. The molecule has 110 valence electrons. The minimum absolute atomic E-state index is 0.214. The molecule has 0 aliphatic rings. The highest BCUT2D eigenvalue weighted by Gasteiger charge is 2.09. The number of rotatable bonds is 4. The van der Waals surface area contributed by atoms with Crippen molar-refractivity contribution in [2.75, 3.05) is 7.11 Å². The smallest absolute Gasteiger partial charge is 0.337 e. The Bertz CT molecular complexity index is 671. The fourth-order valence-electron chi connectivity index (χ4n) is 1.72. The number of carbonyl (C=O) groups is 1. The molecule has 0 fully saturated rings. The van der Waals surface area contributed by atoms with Crippen LogP contribution in [0.25, 0.3) is 0 Å². The average molecular weight is 346 g/mol. The van der Waals surface area contributed by atoms with E-state index in [1.165, 1.54) is 13.2 Å². The van der Waals surface area contributed by atoms with Crippen molar-refractivity contribution in [2.24, 2.45) is 0 Å². The first-order chi connectivity index (χ1) is 9.99. The number of methoxy groups -OCH3 is 1. The van der Waals surface area contributed by atoms with Crippen LogP contribution in [0.1, 0.15) is 15.9 Å². The quantitative estimate of drug-likeness (QED) is 0.730.